The summed E-state index contributed by atoms with van der Waals surface area (Å²) in [4.78, 5) is 21.2. The Labute approximate surface area is 148 Å². The number of carbonyl (C=O) groups excluding carboxylic acids is 1. The van der Waals surface area contributed by atoms with Gasteiger partial charge in [0.15, 0.2) is 0 Å². The monoisotopic (exact) mass is 343 g/mol. The van der Waals surface area contributed by atoms with E-state index in [1.807, 2.05) is 19.9 Å². The molecular weight excluding hydrogens is 318 g/mol. The fourth-order valence-corrected chi connectivity index (χ4v) is 2.54. The van der Waals surface area contributed by atoms with Gasteiger partial charge in [-0.15, -0.1) is 0 Å². The number of aliphatic hydroxyl groups is 2. The van der Waals surface area contributed by atoms with Gasteiger partial charge < -0.3 is 15.5 Å². The zero-order chi connectivity index (χ0) is 18.4. The lowest BCUT2D eigenvalue weighted by atomic mass is 10.00. The molecule has 0 radical (unpaired) electrons. The minimum Gasteiger partial charge on any atom is -0.396 e. The van der Waals surface area contributed by atoms with Crippen LogP contribution in [-0.2, 0) is 0 Å². The highest BCUT2D eigenvalue weighted by atomic mass is 16.3. The van der Waals surface area contributed by atoms with Gasteiger partial charge in [0, 0.05) is 30.5 Å². The lowest BCUT2D eigenvalue weighted by Crippen LogP contribution is -2.40. The molecule has 1 aromatic carbocycles. The van der Waals surface area contributed by atoms with Crippen LogP contribution in [0.3, 0.4) is 0 Å². The van der Waals surface area contributed by atoms with Crippen molar-refractivity contribution >= 4 is 5.91 Å². The maximum atomic E-state index is 12.4. The first-order chi connectivity index (χ1) is 11.8. The summed E-state index contributed by atoms with van der Waals surface area (Å²) in [6.07, 6.45) is 2.62. The highest BCUT2D eigenvalue weighted by molar-refractivity contribution is 5.95. The second kappa shape index (κ2) is 8.18. The number of nitrogens with one attached hydrogen (secondary N) is 1. The van der Waals surface area contributed by atoms with Crippen LogP contribution in [0.15, 0.2) is 30.5 Å². The third kappa shape index (κ3) is 5.34. The molecule has 2 aromatic rings. The van der Waals surface area contributed by atoms with E-state index >= 15 is 0 Å². The maximum absolute atomic E-state index is 12.4. The number of hydrogen-bond donors (Lipinski definition) is 3. The Morgan fingerprint density at radius 3 is 2.80 bits per heavy atom. The molecule has 25 heavy (non-hydrogen) atoms. The molecule has 2 rings (SSSR count). The van der Waals surface area contributed by atoms with Gasteiger partial charge >= 0.3 is 0 Å². The number of amides is 1. The van der Waals surface area contributed by atoms with Gasteiger partial charge in [-0.05, 0) is 45.7 Å². The molecule has 0 bridgehead atoms. The quantitative estimate of drug-likeness (QED) is 0.715. The molecule has 1 atom stereocenters. The summed E-state index contributed by atoms with van der Waals surface area (Å²) < 4.78 is 0. The minimum absolute atomic E-state index is 0.0169. The van der Waals surface area contributed by atoms with Gasteiger partial charge in [-0.2, -0.15) is 0 Å². The molecule has 6 nitrogen and oxygen atoms in total. The molecule has 0 saturated carbocycles. The van der Waals surface area contributed by atoms with Crippen LogP contribution in [-0.4, -0.2) is 44.8 Å². The summed E-state index contributed by atoms with van der Waals surface area (Å²) in [5, 5.41) is 21.8. The van der Waals surface area contributed by atoms with E-state index < -0.39 is 5.60 Å². The van der Waals surface area contributed by atoms with E-state index in [1.165, 1.54) is 0 Å². The van der Waals surface area contributed by atoms with Crippen LogP contribution in [0.25, 0.3) is 11.3 Å². The Bertz CT molecular complexity index is 744. The predicted molar refractivity (Wildman–Crippen MR) is 96.2 cm³/mol. The Morgan fingerprint density at radius 1 is 1.32 bits per heavy atom. The normalized spacial score (nSPS) is 13.3. The lowest BCUT2D eigenvalue weighted by molar-refractivity contribution is 0.0415. The van der Waals surface area contributed by atoms with Crippen molar-refractivity contribution in [3.63, 3.8) is 0 Å². The van der Waals surface area contributed by atoms with E-state index in [0.29, 0.717) is 18.4 Å². The topological polar surface area (TPSA) is 95.3 Å². The Kier molecular flexibility index (Phi) is 6.22. The van der Waals surface area contributed by atoms with Crippen molar-refractivity contribution in [2.24, 2.45) is 0 Å². The molecule has 134 valence electrons. The molecule has 0 fully saturated rings. The largest absolute Gasteiger partial charge is 0.396 e. The van der Waals surface area contributed by atoms with Crippen LogP contribution < -0.4 is 5.32 Å². The highest BCUT2D eigenvalue weighted by Gasteiger charge is 2.21. The number of carbonyl (C=O) groups is 1. The Balaban J connectivity index is 2.13. The van der Waals surface area contributed by atoms with Crippen LogP contribution in [0, 0.1) is 13.8 Å². The zero-order valence-corrected chi connectivity index (χ0v) is 14.9. The van der Waals surface area contributed by atoms with Crippen molar-refractivity contribution in [2.75, 3.05) is 13.2 Å². The first-order valence-electron chi connectivity index (χ1n) is 8.34. The molecule has 0 unspecified atom stereocenters. The van der Waals surface area contributed by atoms with Gasteiger partial charge in [-0.3, -0.25) is 9.78 Å². The average Bonchev–Trinajstić information content (AvgIpc) is 2.60. The van der Waals surface area contributed by atoms with E-state index in [2.05, 4.69) is 15.3 Å². The van der Waals surface area contributed by atoms with Crippen LogP contribution >= 0.6 is 0 Å². The number of aryl methyl sites for hydroxylation is 2. The van der Waals surface area contributed by atoms with Gasteiger partial charge in [-0.1, -0.05) is 12.1 Å². The molecule has 0 aliphatic carbocycles. The van der Waals surface area contributed by atoms with Crippen LogP contribution in [0.4, 0.5) is 0 Å². The lowest BCUT2D eigenvalue weighted by Gasteiger charge is -2.23. The van der Waals surface area contributed by atoms with Crippen LogP contribution in [0.2, 0.25) is 0 Å². The number of aliphatic hydroxyl groups excluding tert-OH is 1. The molecule has 0 saturated heterocycles. The maximum Gasteiger partial charge on any atom is 0.251 e. The van der Waals surface area contributed by atoms with Gasteiger partial charge in [0.25, 0.3) is 5.91 Å². The van der Waals surface area contributed by atoms with Crippen molar-refractivity contribution in [3.05, 3.63) is 47.4 Å². The summed E-state index contributed by atoms with van der Waals surface area (Å²) in [7, 11) is 0. The molecule has 3 N–H and O–H groups in total. The molecule has 0 spiro atoms. The number of aromatic nitrogens is 2. The van der Waals surface area contributed by atoms with Gasteiger partial charge in [0.1, 0.15) is 0 Å². The molecular formula is C19H25N3O3. The molecule has 0 aliphatic heterocycles. The first-order valence-corrected chi connectivity index (χ1v) is 8.34. The number of nitrogens with zero attached hydrogens (tertiary/aromatic N) is 2. The zero-order valence-electron chi connectivity index (χ0n) is 14.9. The smallest absolute Gasteiger partial charge is 0.251 e. The van der Waals surface area contributed by atoms with Gasteiger partial charge in [0.2, 0.25) is 0 Å². The molecule has 1 amide bonds. The average molecular weight is 343 g/mol. The number of hydrogen-bond acceptors (Lipinski definition) is 5. The third-order valence-corrected chi connectivity index (χ3v) is 3.98. The van der Waals surface area contributed by atoms with Crippen molar-refractivity contribution in [1.29, 1.82) is 0 Å². The SMILES string of the molecule is Cc1cnc(C)c(-c2cccc(C(=O)NC[C@](C)(O)CCCO)c2)n1. The fourth-order valence-electron chi connectivity index (χ4n) is 2.54. The van der Waals surface area contributed by atoms with E-state index in [4.69, 9.17) is 5.11 Å². The summed E-state index contributed by atoms with van der Waals surface area (Å²) in [5.41, 5.74) is 2.65. The second-order valence-corrected chi connectivity index (χ2v) is 6.53. The summed E-state index contributed by atoms with van der Waals surface area (Å²) in [6.45, 7) is 5.54. The summed E-state index contributed by atoms with van der Waals surface area (Å²) >= 11 is 0. The van der Waals surface area contributed by atoms with Crippen LogP contribution in [0.5, 0.6) is 0 Å². The van der Waals surface area contributed by atoms with E-state index in [9.17, 15) is 9.90 Å². The van der Waals surface area contributed by atoms with Crippen molar-refractivity contribution in [1.82, 2.24) is 15.3 Å². The van der Waals surface area contributed by atoms with E-state index in [0.717, 1.165) is 22.6 Å². The molecule has 0 aliphatic rings. The van der Waals surface area contributed by atoms with Gasteiger partial charge in [-0.25, -0.2) is 4.98 Å². The Morgan fingerprint density at radius 2 is 2.08 bits per heavy atom. The first kappa shape index (κ1) is 19.0. The minimum atomic E-state index is -1.05. The van der Waals surface area contributed by atoms with E-state index in [1.54, 1.807) is 31.3 Å². The highest BCUT2D eigenvalue weighted by Crippen LogP contribution is 2.21. The predicted octanol–water partition coefficient (Wildman–Crippen LogP) is 2.01. The standard InChI is InChI=1S/C19H25N3O3/c1-13-11-20-14(2)17(22-13)15-6-4-7-16(10-15)18(24)21-12-19(3,25)8-5-9-23/h4,6-7,10-11,23,25H,5,8-9,12H2,1-3H3,(H,21,24)/t19-/m1/s1. The second-order valence-electron chi connectivity index (χ2n) is 6.53. The van der Waals surface area contributed by atoms with Gasteiger partial charge in [0.05, 0.1) is 22.7 Å². The van der Waals surface area contributed by atoms with Crippen molar-refractivity contribution in [2.45, 2.75) is 39.2 Å². The number of benzene rings is 1. The summed E-state index contributed by atoms with van der Waals surface area (Å²) in [5.74, 6) is -0.260. The summed E-state index contributed by atoms with van der Waals surface area (Å²) in [6, 6.07) is 7.19. The van der Waals surface area contributed by atoms with Crippen LogP contribution in [0.1, 0.15) is 41.5 Å². The third-order valence-electron chi connectivity index (χ3n) is 3.98. The van der Waals surface area contributed by atoms with E-state index in [-0.39, 0.29) is 19.1 Å². The van der Waals surface area contributed by atoms with Crippen molar-refractivity contribution in [3.8, 4) is 11.3 Å². The molecule has 1 aromatic heterocycles. The molecule has 1 heterocycles. The fraction of sp³-hybridized carbons (Fsp3) is 0.421. The molecule has 6 heteroatoms. The Hall–Kier alpha value is -2.31. The van der Waals surface area contributed by atoms with Crippen molar-refractivity contribution < 1.29 is 15.0 Å². The number of rotatable bonds is 7.